The molecule has 0 unspecified atom stereocenters. The molecular formula is C21H35NO6. The van der Waals surface area contributed by atoms with Gasteiger partial charge in [0, 0.05) is 32.3 Å². The van der Waals surface area contributed by atoms with Crippen molar-refractivity contribution in [2.45, 2.75) is 26.1 Å². The van der Waals surface area contributed by atoms with E-state index in [0.29, 0.717) is 39.6 Å². The molecule has 0 aromatic heterocycles. The van der Waals surface area contributed by atoms with E-state index in [1.54, 1.807) is 14.2 Å². The molecule has 0 spiro atoms. The predicted molar refractivity (Wildman–Crippen MR) is 109 cm³/mol. The summed E-state index contributed by atoms with van der Waals surface area (Å²) in [4.78, 5) is 2.19. The summed E-state index contributed by atoms with van der Waals surface area (Å²) < 4.78 is 21.1. The van der Waals surface area contributed by atoms with Gasteiger partial charge in [-0.25, -0.2) is 0 Å². The maximum Gasteiger partial charge on any atom is 0.0884 e. The lowest BCUT2D eigenvalue weighted by atomic mass is 10.1. The highest BCUT2D eigenvalue weighted by Crippen LogP contribution is 2.21. The van der Waals surface area contributed by atoms with Crippen LogP contribution in [0.5, 0.6) is 0 Å². The average Bonchev–Trinajstić information content (AvgIpc) is 2.73. The third kappa shape index (κ3) is 10.1. The van der Waals surface area contributed by atoms with Gasteiger partial charge in [-0.05, 0) is 29.7 Å². The molecule has 2 N–H and O–H groups in total. The standard InChI is InChI=1S/C21H35NO6/c1-18(26-3)5-4-6-22(7-8-27-11-12-28-10-9-25-2)21-14-19(16-23)13-20(15-21)17-24/h13-15,23-24H,1,4-12,16-17H2,2-3H3. The molecule has 1 rings (SSSR count). The zero-order valence-corrected chi connectivity index (χ0v) is 17.2. The summed E-state index contributed by atoms with van der Waals surface area (Å²) in [5, 5.41) is 19.0. The molecule has 1 aromatic rings. The van der Waals surface area contributed by atoms with Gasteiger partial charge in [0.25, 0.3) is 0 Å². The molecule has 7 nitrogen and oxygen atoms in total. The SMILES string of the molecule is C=C(CCCN(CCOCCOCCOC)c1cc(CO)cc(CO)c1)OC. The Balaban J connectivity index is 2.60. The fourth-order valence-electron chi connectivity index (χ4n) is 2.69. The van der Waals surface area contributed by atoms with Crippen LogP contribution in [0.15, 0.2) is 30.5 Å². The number of hydrogen-bond donors (Lipinski definition) is 2. The number of aliphatic hydroxyl groups excluding tert-OH is 2. The van der Waals surface area contributed by atoms with Crippen molar-refractivity contribution < 1.29 is 29.2 Å². The molecule has 160 valence electrons. The lowest BCUT2D eigenvalue weighted by Gasteiger charge is -2.26. The van der Waals surface area contributed by atoms with E-state index in [1.807, 2.05) is 18.2 Å². The van der Waals surface area contributed by atoms with Crippen molar-refractivity contribution in [3.05, 3.63) is 41.7 Å². The molecule has 7 heteroatoms. The van der Waals surface area contributed by atoms with Crippen LogP contribution in [0, 0.1) is 0 Å². The number of methoxy groups -OCH3 is 2. The second kappa shape index (κ2) is 15.3. The van der Waals surface area contributed by atoms with E-state index in [2.05, 4.69) is 11.5 Å². The first-order valence-corrected chi connectivity index (χ1v) is 9.60. The minimum atomic E-state index is -0.0650. The molecule has 0 aliphatic heterocycles. The van der Waals surface area contributed by atoms with E-state index in [0.717, 1.165) is 42.0 Å². The van der Waals surface area contributed by atoms with E-state index < -0.39 is 0 Å². The van der Waals surface area contributed by atoms with Crippen molar-refractivity contribution in [3.8, 4) is 0 Å². The van der Waals surface area contributed by atoms with Gasteiger partial charge in [0.1, 0.15) is 0 Å². The first-order chi connectivity index (χ1) is 13.6. The Kier molecular flexibility index (Phi) is 13.3. The maximum absolute atomic E-state index is 9.50. The molecule has 0 aliphatic carbocycles. The minimum absolute atomic E-state index is 0.0650. The molecule has 0 radical (unpaired) electrons. The molecule has 1 aromatic carbocycles. The van der Waals surface area contributed by atoms with Crippen LogP contribution in [0.25, 0.3) is 0 Å². The van der Waals surface area contributed by atoms with Crippen LogP contribution >= 0.6 is 0 Å². The van der Waals surface area contributed by atoms with E-state index in [-0.39, 0.29) is 13.2 Å². The molecule has 28 heavy (non-hydrogen) atoms. The normalized spacial score (nSPS) is 10.9. The summed E-state index contributed by atoms with van der Waals surface area (Å²) in [6.07, 6.45) is 1.65. The summed E-state index contributed by atoms with van der Waals surface area (Å²) >= 11 is 0. The van der Waals surface area contributed by atoms with Crippen molar-refractivity contribution in [1.82, 2.24) is 0 Å². The quantitative estimate of drug-likeness (QED) is 0.308. The molecule has 0 bridgehead atoms. The fourth-order valence-corrected chi connectivity index (χ4v) is 2.69. The Morgan fingerprint density at radius 2 is 1.50 bits per heavy atom. The van der Waals surface area contributed by atoms with Crippen LogP contribution in [0.3, 0.4) is 0 Å². The molecule has 0 heterocycles. The molecule has 0 atom stereocenters. The van der Waals surface area contributed by atoms with E-state index in [4.69, 9.17) is 18.9 Å². The first kappa shape index (κ1) is 24.4. The summed E-state index contributed by atoms with van der Waals surface area (Å²) in [7, 11) is 3.27. The molecule has 0 saturated heterocycles. The lowest BCUT2D eigenvalue weighted by Crippen LogP contribution is -2.29. The molecule has 0 aliphatic rings. The number of hydrogen-bond acceptors (Lipinski definition) is 7. The summed E-state index contributed by atoms with van der Waals surface area (Å²) in [5.74, 6) is 0.754. The van der Waals surface area contributed by atoms with Crippen molar-refractivity contribution in [2.24, 2.45) is 0 Å². The first-order valence-electron chi connectivity index (χ1n) is 9.60. The number of allylic oxidation sites excluding steroid dienone is 1. The van der Waals surface area contributed by atoms with Crippen molar-refractivity contribution >= 4 is 5.69 Å². The smallest absolute Gasteiger partial charge is 0.0884 e. The fraction of sp³-hybridized carbons (Fsp3) is 0.619. The van der Waals surface area contributed by atoms with E-state index >= 15 is 0 Å². The number of rotatable bonds is 17. The molecule has 0 fully saturated rings. The van der Waals surface area contributed by atoms with Gasteiger partial charge in [-0.3, -0.25) is 0 Å². The largest absolute Gasteiger partial charge is 0.502 e. The van der Waals surface area contributed by atoms with Gasteiger partial charge in [-0.2, -0.15) is 0 Å². The number of anilines is 1. The van der Waals surface area contributed by atoms with Crippen LogP contribution in [-0.2, 0) is 32.2 Å². The van der Waals surface area contributed by atoms with Gasteiger partial charge in [0.2, 0.25) is 0 Å². The summed E-state index contributed by atoms with van der Waals surface area (Å²) in [6.45, 7) is 7.96. The van der Waals surface area contributed by atoms with E-state index in [9.17, 15) is 10.2 Å². The van der Waals surface area contributed by atoms with Crippen molar-refractivity contribution in [2.75, 3.05) is 65.2 Å². The Morgan fingerprint density at radius 3 is 2.07 bits per heavy atom. The molecule has 0 saturated carbocycles. The number of aliphatic hydroxyl groups is 2. The van der Waals surface area contributed by atoms with Crippen molar-refractivity contribution in [3.63, 3.8) is 0 Å². The van der Waals surface area contributed by atoms with Crippen LogP contribution in [0.2, 0.25) is 0 Å². The van der Waals surface area contributed by atoms with Crippen LogP contribution in [0.4, 0.5) is 5.69 Å². The van der Waals surface area contributed by atoms with Crippen LogP contribution < -0.4 is 4.90 Å². The summed E-state index contributed by atoms with van der Waals surface area (Å²) in [5.41, 5.74) is 2.51. The summed E-state index contributed by atoms with van der Waals surface area (Å²) in [6, 6.07) is 5.69. The Morgan fingerprint density at radius 1 is 0.893 bits per heavy atom. The highest BCUT2D eigenvalue weighted by molar-refractivity contribution is 5.51. The second-order valence-electron chi connectivity index (χ2n) is 6.37. The van der Waals surface area contributed by atoms with Gasteiger partial charge in [-0.15, -0.1) is 0 Å². The number of nitrogens with zero attached hydrogens (tertiary/aromatic N) is 1. The number of benzene rings is 1. The Labute approximate surface area is 168 Å². The van der Waals surface area contributed by atoms with Gasteiger partial charge >= 0.3 is 0 Å². The Bertz CT molecular complexity index is 529. The highest BCUT2D eigenvalue weighted by Gasteiger charge is 2.10. The minimum Gasteiger partial charge on any atom is -0.502 e. The maximum atomic E-state index is 9.50. The average molecular weight is 398 g/mol. The van der Waals surface area contributed by atoms with Gasteiger partial charge in [0.05, 0.1) is 59.1 Å². The van der Waals surface area contributed by atoms with Crippen LogP contribution in [0.1, 0.15) is 24.0 Å². The topological polar surface area (TPSA) is 80.6 Å². The lowest BCUT2D eigenvalue weighted by molar-refractivity contribution is 0.0264. The third-order valence-corrected chi connectivity index (χ3v) is 4.25. The molecular weight excluding hydrogens is 362 g/mol. The van der Waals surface area contributed by atoms with Crippen LogP contribution in [-0.4, -0.2) is 70.6 Å². The number of ether oxygens (including phenoxy) is 4. The third-order valence-electron chi connectivity index (χ3n) is 4.25. The predicted octanol–water partition coefficient (Wildman–Crippen LogP) is 2.10. The monoisotopic (exact) mass is 397 g/mol. The van der Waals surface area contributed by atoms with E-state index in [1.165, 1.54) is 0 Å². The van der Waals surface area contributed by atoms with Gasteiger partial charge in [0.15, 0.2) is 0 Å². The zero-order valence-electron chi connectivity index (χ0n) is 17.2. The zero-order chi connectivity index (χ0) is 20.6. The second-order valence-corrected chi connectivity index (χ2v) is 6.37. The molecule has 0 amide bonds. The van der Waals surface area contributed by atoms with Gasteiger partial charge in [-0.1, -0.05) is 12.6 Å². The Hall–Kier alpha value is -1.64. The van der Waals surface area contributed by atoms with Crippen molar-refractivity contribution in [1.29, 1.82) is 0 Å². The van der Waals surface area contributed by atoms with Gasteiger partial charge < -0.3 is 34.1 Å². The highest BCUT2D eigenvalue weighted by atomic mass is 16.5.